The molecule has 3 rings (SSSR count). The molecule has 31 heavy (non-hydrogen) atoms. The lowest BCUT2D eigenvalue weighted by atomic mass is 10.1. The number of carbonyl (C=O) groups is 2. The minimum Gasteiger partial charge on any atom is -0.481 e. The summed E-state index contributed by atoms with van der Waals surface area (Å²) in [4.78, 5) is 32.8. The minimum atomic E-state index is -4.49. The number of methoxy groups -OCH3 is 1. The summed E-state index contributed by atoms with van der Waals surface area (Å²) in [5.74, 6) is -1.01. The molecule has 0 radical (unpaired) electrons. The van der Waals surface area contributed by atoms with Crippen molar-refractivity contribution < 1.29 is 32.2 Å². The van der Waals surface area contributed by atoms with Crippen LogP contribution in [-0.4, -0.2) is 47.7 Å². The second kappa shape index (κ2) is 9.19. The van der Waals surface area contributed by atoms with Crippen molar-refractivity contribution in [3.63, 3.8) is 0 Å². The van der Waals surface area contributed by atoms with Crippen LogP contribution in [0.5, 0.6) is 11.8 Å². The molecule has 1 aliphatic carbocycles. The summed E-state index contributed by atoms with van der Waals surface area (Å²) in [7, 11) is 1.30. The molecule has 0 bridgehead atoms. The highest BCUT2D eigenvalue weighted by Gasteiger charge is 2.29. The van der Waals surface area contributed by atoms with E-state index < -0.39 is 18.7 Å². The van der Waals surface area contributed by atoms with E-state index in [4.69, 9.17) is 4.74 Å². The average molecular weight is 438 g/mol. The zero-order valence-electron chi connectivity index (χ0n) is 16.9. The molecule has 2 amide bonds. The van der Waals surface area contributed by atoms with Crippen molar-refractivity contribution in [2.45, 2.75) is 38.5 Å². The molecular weight excluding hydrogens is 417 g/mol. The maximum absolute atomic E-state index is 12.6. The number of rotatable bonds is 8. The Labute approximate surface area is 176 Å². The van der Waals surface area contributed by atoms with Crippen molar-refractivity contribution in [1.82, 2.24) is 20.6 Å². The van der Waals surface area contributed by atoms with Gasteiger partial charge in [-0.2, -0.15) is 18.2 Å². The van der Waals surface area contributed by atoms with Crippen molar-refractivity contribution >= 4 is 11.8 Å². The van der Waals surface area contributed by atoms with Crippen LogP contribution in [0.25, 0.3) is 0 Å². The molecule has 166 valence electrons. The predicted molar refractivity (Wildman–Crippen MR) is 103 cm³/mol. The van der Waals surface area contributed by atoms with Gasteiger partial charge in [0.2, 0.25) is 11.8 Å². The van der Waals surface area contributed by atoms with Gasteiger partial charge in [-0.1, -0.05) is 0 Å². The number of nitrogens with one attached hydrogen (secondary N) is 2. The monoisotopic (exact) mass is 438 g/mol. The quantitative estimate of drug-likeness (QED) is 0.657. The van der Waals surface area contributed by atoms with Crippen LogP contribution in [0, 0.1) is 6.92 Å². The number of amides is 2. The first-order valence-corrected chi connectivity index (χ1v) is 9.46. The van der Waals surface area contributed by atoms with Crippen molar-refractivity contribution in [1.29, 1.82) is 0 Å². The highest BCUT2D eigenvalue weighted by molar-refractivity contribution is 5.98. The fourth-order valence-electron chi connectivity index (χ4n) is 2.68. The normalized spacial score (nSPS) is 13.5. The van der Waals surface area contributed by atoms with Gasteiger partial charge >= 0.3 is 6.18 Å². The molecular formula is C20H21F3N4O4. The van der Waals surface area contributed by atoms with Crippen molar-refractivity contribution in [2.75, 3.05) is 13.7 Å². The lowest BCUT2D eigenvalue weighted by Gasteiger charge is -2.13. The van der Waals surface area contributed by atoms with E-state index in [1.165, 1.54) is 25.3 Å². The summed E-state index contributed by atoms with van der Waals surface area (Å²) in [6, 6.07) is 5.82. The number of alkyl halides is 3. The topological polar surface area (TPSA) is 102 Å². The summed E-state index contributed by atoms with van der Waals surface area (Å²) in [6.07, 6.45) is -2.62. The van der Waals surface area contributed by atoms with Gasteiger partial charge < -0.3 is 20.1 Å². The largest absolute Gasteiger partial charge is 0.481 e. The van der Waals surface area contributed by atoms with Crippen molar-refractivity contribution in [2.24, 2.45) is 0 Å². The lowest BCUT2D eigenvalue weighted by Crippen LogP contribution is -2.28. The van der Waals surface area contributed by atoms with Crippen molar-refractivity contribution in [3.8, 4) is 11.8 Å². The number of hydrogen-bond acceptors (Lipinski definition) is 6. The van der Waals surface area contributed by atoms with E-state index in [0.29, 0.717) is 11.3 Å². The van der Waals surface area contributed by atoms with Gasteiger partial charge in [0.15, 0.2) is 6.61 Å². The second-order valence-electron chi connectivity index (χ2n) is 7.03. The fraction of sp³-hybridized carbons (Fsp3) is 0.400. The highest BCUT2D eigenvalue weighted by Crippen LogP contribution is 2.23. The third-order valence-corrected chi connectivity index (χ3v) is 4.29. The first kappa shape index (κ1) is 22.3. The van der Waals surface area contributed by atoms with Crippen LogP contribution in [0.2, 0.25) is 0 Å². The predicted octanol–water partition coefficient (Wildman–Crippen LogP) is 2.56. The standard InChI is InChI=1S/C20H21F3N4O4/c1-11-7-13(8-15(25-11)18(29)26-14-4-5-14)17(28)24-9-12-3-6-16(27-19(12)30-2)31-10-20(21,22)23/h3,6-8,14H,4-5,9-10H2,1-2H3,(H,24,28)(H,26,29). The number of pyridine rings is 2. The number of carbonyl (C=O) groups excluding carboxylic acids is 2. The average Bonchev–Trinajstić information content (AvgIpc) is 3.53. The van der Waals surface area contributed by atoms with Crippen molar-refractivity contribution in [3.05, 3.63) is 46.8 Å². The molecule has 2 aromatic heterocycles. The van der Waals surface area contributed by atoms with E-state index >= 15 is 0 Å². The number of halogens is 3. The maximum atomic E-state index is 12.6. The van der Waals surface area contributed by atoms with E-state index in [2.05, 4.69) is 25.3 Å². The molecule has 0 aliphatic heterocycles. The van der Waals surface area contributed by atoms with Crippen LogP contribution in [0.1, 0.15) is 44.9 Å². The SMILES string of the molecule is COc1nc(OCC(F)(F)F)ccc1CNC(=O)c1cc(C)nc(C(=O)NC2CC2)c1. The molecule has 1 fully saturated rings. The summed E-state index contributed by atoms with van der Waals surface area (Å²) in [5.41, 5.74) is 1.36. The molecule has 2 N–H and O–H groups in total. The van der Waals surface area contributed by atoms with Crippen LogP contribution in [0.4, 0.5) is 13.2 Å². The Balaban J connectivity index is 1.66. The highest BCUT2D eigenvalue weighted by atomic mass is 19.4. The molecule has 1 saturated carbocycles. The molecule has 1 aliphatic rings. The van der Waals surface area contributed by atoms with Gasteiger partial charge in [0.25, 0.3) is 11.8 Å². The number of aryl methyl sites for hydroxylation is 1. The Morgan fingerprint density at radius 2 is 1.90 bits per heavy atom. The van der Waals surface area contributed by atoms with E-state index in [9.17, 15) is 22.8 Å². The Morgan fingerprint density at radius 3 is 2.55 bits per heavy atom. The van der Waals surface area contributed by atoms with Crippen LogP contribution < -0.4 is 20.1 Å². The number of hydrogen-bond donors (Lipinski definition) is 2. The molecule has 11 heteroatoms. The minimum absolute atomic E-state index is 0.000464. The fourth-order valence-corrected chi connectivity index (χ4v) is 2.68. The first-order chi connectivity index (χ1) is 14.6. The van der Waals surface area contributed by atoms with Crippen LogP contribution in [0.3, 0.4) is 0 Å². The molecule has 2 aromatic rings. The third-order valence-electron chi connectivity index (χ3n) is 4.29. The first-order valence-electron chi connectivity index (χ1n) is 9.46. The van der Waals surface area contributed by atoms with Gasteiger partial charge in [-0.05, 0) is 38.0 Å². The summed E-state index contributed by atoms with van der Waals surface area (Å²) >= 11 is 0. The molecule has 0 unspecified atom stereocenters. The number of aromatic nitrogens is 2. The Kier molecular flexibility index (Phi) is 6.62. The van der Waals surface area contributed by atoms with Gasteiger partial charge in [-0.3, -0.25) is 9.59 Å². The van der Waals surface area contributed by atoms with Crippen LogP contribution in [0.15, 0.2) is 24.3 Å². The van der Waals surface area contributed by atoms with E-state index in [-0.39, 0.29) is 41.5 Å². The number of nitrogens with zero attached hydrogens (tertiary/aromatic N) is 2. The molecule has 0 atom stereocenters. The molecule has 0 spiro atoms. The second-order valence-corrected chi connectivity index (χ2v) is 7.03. The molecule has 0 aromatic carbocycles. The summed E-state index contributed by atoms with van der Waals surface area (Å²) < 4.78 is 46.5. The Hall–Kier alpha value is -3.37. The van der Waals surface area contributed by atoms with Crippen LogP contribution in [-0.2, 0) is 6.54 Å². The Bertz CT molecular complexity index is 977. The van der Waals surface area contributed by atoms with E-state index in [0.717, 1.165) is 12.8 Å². The Morgan fingerprint density at radius 1 is 1.16 bits per heavy atom. The zero-order valence-corrected chi connectivity index (χ0v) is 16.9. The molecule has 8 nitrogen and oxygen atoms in total. The van der Waals surface area contributed by atoms with E-state index in [1.54, 1.807) is 13.0 Å². The summed E-state index contributed by atoms with van der Waals surface area (Å²) in [5, 5.41) is 5.49. The smallest absolute Gasteiger partial charge is 0.422 e. The van der Waals surface area contributed by atoms with Gasteiger partial charge in [-0.15, -0.1) is 0 Å². The van der Waals surface area contributed by atoms with Crippen LogP contribution >= 0.6 is 0 Å². The van der Waals surface area contributed by atoms with Gasteiger partial charge in [0, 0.05) is 35.5 Å². The third kappa shape index (κ3) is 6.56. The molecule has 0 saturated heterocycles. The van der Waals surface area contributed by atoms with Gasteiger partial charge in [0.05, 0.1) is 7.11 Å². The number of ether oxygens (including phenoxy) is 2. The lowest BCUT2D eigenvalue weighted by molar-refractivity contribution is -0.154. The van der Waals surface area contributed by atoms with Gasteiger partial charge in [0.1, 0.15) is 5.69 Å². The van der Waals surface area contributed by atoms with Gasteiger partial charge in [-0.25, -0.2) is 4.98 Å². The zero-order chi connectivity index (χ0) is 22.6. The maximum Gasteiger partial charge on any atom is 0.422 e. The van der Waals surface area contributed by atoms with E-state index in [1.807, 2.05) is 0 Å². The molecule has 2 heterocycles. The summed E-state index contributed by atoms with van der Waals surface area (Å²) in [6.45, 7) is 0.203.